The van der Waals surface area contributed by atoms with E-state index in [4.69, 9.17) is 0 Å². The molecule has 0 fully saturated rings. The van der Waals surface area contributed by atoms with Crippen molar-refractivity contribution in [1.82, 2.24) is 0 Å². The van der Waals surface area contributed by atoms with Crippen molar-refractivity contribution in [2.75, 3.05) is 11.4 Å². The van der Waals surface area contributed by atoms with E-state index in [1.54, 1.807) is 0 Å². The van der Waals surface area contributed by atoms with Crippen LogP contribution in [0.3, 0.4) is 0 Å². The van der Waals surface area contributed by atoms with Crippen molar-refractivity contribution in [3.05, 3.63) is 42.0 Å². The number of anilines is 1. The molecule has 21 heavy (non-hydrogen) atoms. The van der Waals surface area contributed by atoms with Gasteiger partial charge in [-0.1, -0.05) is 63.3 Å². The van der Waals surface area contributed by atoms with E-state index in [0.29, 0.717) is 0 Å². The summed E-state index contributed by atoms with van der Waals surface area (Å²) in [4.78, 5) is 14.5. The molecule has 1 aliphatic heterocycles. The Hall–Kier alpha value is -1.83. The number of hydrogen-bond donors (Lipinski definition) is 0. The lowest BCUT2D eigenvalue weighted by Crippen LogP contribution is -2.27. The molecule has 3 rings (SSSR count). The predicted octanol–water partition coefficient (Wildman–Crippen LogP) is 5.16. The first kappa shape index (κ1) is 14.1. The fourth-order valence-corrected chi connectivity index (χ4v) is 3.25. The third kappa shape index (κ3) is 2.67. The molecule has 110 valence electrons. The molecule has 0 saturated carbocycles. The van der Waals surface area contributed by atoms with Crippen molar-refractivity contribution in [2.24, 2.45) is 0 Å². The van der Waals surface area contributed by atoms with Crippen molar-refractivity contribution in [2.45, 2.75) is 45.4 Å². The molecule has 0 unspecified atom stereocenters. The molecule has 2 aromatic carbocycles. The molecule has 0 saturated heterocycles. The van der Waals surface area contributed by atoms with Gasteiger partial charge in [0.25, 0.3) is 5.91 Å². The molecule has 0 aliphatic carbocycles. The normalized spacial score (nSPS) is 13.4. The fourth-order valence-electron chi connectivity index (χ4n) is 3.25. The zero-order valence-corrected chi connectivity index (χ0v) is 12.8. The van der Waals surface area contributed by atoms with Crippen molar-refractivity contribution < 1.29 is 4.79 Å². The lowest BCUT2D eigenvalue weighted by Gasteiger charge is -2.17. The standard InChI is InChI=1S/C19H23NO/c1-2-3-4-5-6-7-14-20-17-13-9-11-15-10-8-12-16(18(15)17)19(20)21/h8-13H,2-7,14H2,1H3. The third-order valence-corrected chi connectivity index (χ3v) is 4.38. The number of nitrogens with zero attached hydrogens (tertiary/aromatic N) is 1. The molecule has 2 heteroatoms. The van der Waals surface area contributed by atoms with Gasteiger partial charge in [0.2, 0.25) is 0 Å². The molecule has 2 nitrogen and oxygen atoms in total. The first-order valence-electron chi connectivity index (χ1n) is 8.16. The average Bonchev–Trinajstić information content (AvgIpc) is 2.79. The Bertz CT molecular complexity index is 642. The third-order valence-electron chi connectivity index (χ3n) is 4.38. The Morgan fingerprint density at radius 3 is 2.43 bits per heavy atom. The maximum Gasteiger partial charge on any atom is 0.258 e. The van der Waals surface area contributed by atoms with E-state index in [2.05, 4.69) is 25.1 Å². The molecule has 1 heterocycles. The second-order valence-electron chi connectivity index (χ2n) is 5.91. The van der Waals surface area contributed by atoms with Crippen LogP contribution in [0.15, 0.2) is 36.4 Å². The van der Waals surface area contributed by atoms with Crippen LogP contribution >= 0.6 is 0 Å². The molecule has 0 atom stereocenters. The summed E-state index contributed by atoms with van der Waals surface area (Å²) in [6.07, 6.45) is 7.53. The summed E-state index contributed by atoms with van der Waals surface area (Å²) in [5.41, 5.74) is 1.97. The Morgan fingerprint density at radius 2 is 1.62 bits per heavy atom. The average molecular weight is 281 g/mol. The number of carbonyl (C=O) groups is 1. The van der Waals surface area contributed by atoms with Crippen LogP contribution in [0.1, 0.15) is 55.8 Å². The Balaban J connectivity index is 1.69. The Labute approximate surface area is 126 Å². The summed E-state index contributed by atoms with van der Waals surface area (Å²) in [5.74, 6) is 0.176. The van der Waals surface area contributed by atoms with Gasteiger partial charge in [0, 0.05) is 17.5 Å². The number of carbonyl (C=O) groups excluding carboxylic acids is 1. The van der Waals surface area contributed by atoms with Gasteiger partial charge < -0.3 is 4.90 Å². The molecule has 2 aromatic rings. The zero-order valence-electron chi connectivity index (χ0n) is 12.8. The highest BCUT2D eigenvalue weighted by Crippen LogP contribution is 2.37. The van der Waals surface area contributed by atoms with Crippen LogP contribution in [0.2, 0.25) is 0 Å². The molecule has 0 aromatic heterocycles. The highest BCUT2D eigenvalue weighted by molar-refractivity contribution is 6.24. The van der Waals surface area contributed by atoms with Gasteiger partial charge in [0.05, 0.1) is 5.69 Å². The maximum absolute atomic E-state index is 12.6. The number of amides is 1. The van der Waals surface area contributed by atoms with Crippen LogP contribution in [-0.2, 0) is 0 Å². The summed E-state index contributed by atoms with van der Waals surface area (Å²) in [6.45, 7) is 3.08. The van der Waals surface area contributed by atoms with Crippen LogP contribution in [0.4, 0.5) is 5.69 Å². The summed E-state index contributed by atoms with van der Waals surface area (Å²) >= 11 is 0. The van der Waals surface area contributed by atoms with E-state index in [0.717, 1.165) is 29.6 Å². The van der Waals surface area contributed by atoms with E-state index < -0.39 is 0 Å². The van der Waals surface area contributed by atoms with Gasteiger partial charge in [0.1, 0.15) is 0 Å². The highest BCUT2D eigenvalue weighted by Gasteiger charge is 2.28. The van der Waals surface area contributed by atoms with Crippen molar-refractivity contribution in [1.29, 1.82) is 0 Å². The largest absolute Gasteiger partial charge is 0.308 e. The van der Waals surface area contributed by atoms with Crippen molar-refractivity contribution in [3.8, 4) is 0 Å². The van der Waals surface area contributed by atoms with Crippen LogP contribution in [0.25, 0.3) is 10.8 Å². The van der Waals surface area contributed by atoms with E-state index >= 15 is 0 Å². The summed E-state index contributed by atoms with van der Waals surface area (Å²) in [6, 6.07) is 12.2. The monoisotopic (exact) mass is 281 g/mol. The predicted molar refractivity (Wildman–Crippen MR) is 89.0 cm³/mol. The van der Waals surface area contributed by atoms with Crippen molar-refractivity contribution in [3.63, 3.8) is 0 Å². The van der Waals surface area contributed by atoms with Crippen LogP contribution in [0, 0.1) is 0 Å². The second-order valence-corrected chi connectivity index (χ2v) is 5.91. The van der Waals surface area contributed by atoms with E-state index in [1.165, 1.54) is 37.5 Å². The molecule has 1 aliphatic rings. The number of unbranched alkanes of at least 4 members (excludes halogenated alkanes) is 5. The molecule has 0 radical (unpaired) electrons. The van der Waals surface area contributed by atoms with Gasteiger partial charge in [0.15, 0.2) is 0 Å². The van der Waals surface area contributed by atoms with Gasteiger partial charge in [-0.3, -0.25) is 4.79 Å². The topological polar surface area (TPSA) is 20.3 Å². The quantitative estimate of drug-likeness (QED) is 0.642. The molecule has 0 spiro atoms. The van der Waals surface area contributed by atoms with Crippen molar-refractivity contribution >= 4 is 22.4 Å². The van der Waals surface area contributed by atoms with Crippen LogP contribution in [-0.4, -0.2) is 12.5 Å². The first-order chi connectivity index (χ1) is 10.3. The minimum Gasteiger partial charge on any atom is -0.308 e. The van der Waals surface area contributed by atoms with Gasteiger partial charge in [-0.15, -0.1) is 0 Å². The van der Waals surface area contributed by atoms with Crippen LogP contribution in [0.5, 0.6) is 0 Å². The van der Waals surface area contributed by atoms with Gasteiger partial charge in [-0.2, -0.15) is 0 Å². The zero-order chi connectivity index (χ0) is 14.7. The van der Waals surface area contributed by atoms with Crippen LogP contribution < -0.4 is 4.90 Å². The molecule has 0 N–H and O–H groups in total. The molecule has 0 bridgehead atoms. The number of rotatable bonds is 7. The molecular formula is C19H23NO. The summed E-state index contributed by atoms with van der Waals surface area (Å²) in [5, 5.41) is 2.31. The second kappa shape index (κ2) is 6.30. The first-order valence-corrected chi connectivity index (χ1v) is 8.16. The SMILES string of the molecule is CCCCCCCCN1C(=O)c2cccc3cccc1c23. The van der Waals surface area contributed by atoms with Gasteiger partial charge in [-0.05, 0) is 23.9 Å². The van der Waals surface area contributed by atoms with Gasteiger partial charge in [-0.25, -0.2) is 0 Å². The minimum atomic E-state index is 0.176. The maximum atomic E-state index is 12.6. The summed E-state index contributed by atoms with van der Waals surface area (Å²) in [7, 11) is 0. The molecule has 1 amide bonds. The highest BCUT2D eigenvalue weighted by atomic mass is 16.2. The molecular weight excluding hydrogens is 258 g/mol. The smallest absolute Gasteiger partial charge is 0.258 e. The minimum absolute atomic E-state index is 0.176. The lowest BCUT2D eigenvalue weighted by molar-refractivity contribution is 0.0992. The fraction of sp³-hybridized carbons (Fsp3) is 0.421. The van der Waals surface area contributed by atoms with E-state index in [1.807, 2.05) is 23.1 Å². The van der Waals surface area contributed by atoms with Gasteiger partial charge >= 0.3 is 0 Å². The Kier molecular flexibility index (Phi) is 4.23. The Morgan fingerprint density at radius 1 is 0.905 bits per heavy atom. The number of benzene rings is 2. The number of hydrogen-bond acceptors (Lipinski definition) is 1. The van der Waals surface area contributed by atoms with E-state index in [9.17, 15) is 4.79 Å². The lowest BCUT2D eigenvalue weighted by atomic mass is 10.1. The summed E-state index contributed by atoms with van der Waals surface area (Å²) < 4.78 is 0. The van der Waals surface area contributed by atoms with E-state index in [-0.39, 0.29) is 5.91 Å².